The van der Waals surface area contributed by atoms with Gasteiger partial charge in [-0.05, 0) is 56.4 Å². The summed E-state index contributed by atoms with van der Waals surface area (Å²) >= 11 is 0. The third-order valence-corrected chi connectivity index (χ3v) is 7.26. The molecule has 3 amide bonds. The van der Waals surface area contributed by atoms with Gasteiger partial charge in [0, 0.05) is 57.6 Å². The number of nitrogens with one attached hydrogen (secondary N) is 1. The molecule has 0 saturated carbocycles. The minimum Gasteiger partial charge on any atom is -0.381 e. The number of hydrogen-bond acceptors (Lipinski definition) is 5. The van der Waals surface area contributed by atoms with Crippen LogP contribution in [0.1, 0.15) is 41.6 Å². The molecule has 8 heteroatoms. The standard InChI is InChI=1S/C29H38N4O4/c1-22-8-6-9-24(20-22)28(35)30-27(23-13-18-37-19-14-23)29(36)32-15-7-16-33(25-10-4-3-5-11-25)21-31(2)26(34)12-17-32/h3-6,8-11,20,23,27H,7,12-19,21H2,1-2H3,(H,30,35)/t27-/m1/s1. The lowest BCUT2D eigenvalue weighted by atomic mass is 9.90. The highest BCUT2D eigenvalue weighted by atomic mass is 16.5. The highest BCUT2D eigenvalue weighted by Crippen LogP contribution is 2.22. The Morgan fingerprint density at radius 1 is 1.00 bits per heavy atom. The van der Waals surface area contributed by atoms with E-state index in [0.717, 1.165) is 17.7 Å². The number of anilines is 1. The lowest BCUT2D eigenvalue weighted by Crippen LogP contribution is -2.54. The summed E-state index contributed by atoms with van der Waals surface area (Å²) in [5.41, 5.74) is 2.58. The second-order valence-electron chi connectivity index (χ2n) is 10.0. The second kappa shape index (κ2) is 12.7. The number of carbonyl (C=O) groups is 3. The summed E-state index contributed by atoms with van der Waals surface area (Å²) in [6.07, 6.45) is 2.43. The van der Waals surface area contributed by atoms with Crippen molar-refractivity contribution >= 4 is 23.4 Å². The maximum Gasteiger partial charge on any atom is 0.251 e. The van der Waals surface area contributed by atoms with E-state index in [0.29, 0.717) is 57.9 Å². The number of amides is 3. The quantitative estimate of drug-likeness (QED) is 0.674. The molecule has 4 rings (SSSR count). The summed E-state index contributed by atoms with van der Waals surface area (Å²) in [7, 11) is 1.80. The number of carbonyl (C=O) groups excluding carboxylic acids is 3. The van der Waals surface area contributed by atoms with E-state index in [1.165, 1.54) is 0 Å². The van der Waals surface area contributed by atoms with Crippen molar-refractivity contribution in [1.29, 1.82) is 0 Å². The molecule has 0 aliphatic carbocycles. The Morgan fingerprint density at radius 3 is 2.49 bits per heavy atom. The van der Waals surface area contributed by atoms with Gasteiger partial charge in [-0.3, -0.25) is 14.4 Å². The number of rotatable bonds is 5. The number of para-hydroxylation sites is 1. The molecule has 37 heavy (non-hydrogen) atoms. The highest BCUT2D eigenvalue weighted by Gasteiger charge is 2.35. The molecule has 2 aliphatic heterocycles. The zero-order valence-electron chi connectivity index (χ0n) is 21.9. The topological polar surface area (TPSA) is 82.2 Å². The molecule has 0 spiro atoms. The first kappa shape index (κ1) is 26.7. The summed E-state index contributed by atoms with van der Waals surface area (Å²) in [6.45, 7) is 5.17. The number of benzene rings is 2. The predicted molar refractivity (Wildman–Crippen MR) is 143 cm³/mol. The van der Waals surface area contributed by atoms with Crippen LogP contribution in [0.2, 0.25) is 0 Å². The lowest BCUT2D eigenvalue weighted by Gasteiger charge is -2.36. The van der Waals surface area contributed by atoms with Crippen LogP contribution < -0.4 is 10.2 Å². The molecule has 2 saturated heterocycles. The van der Waals surface area contributed by atoms with Crippen molar-refractivity contribution in [2.24, 2.45) is 5.92 Å². The van der Waals surface area contributed by atoms with Gasteiger partial charge in [0.2, 0.25) is 11.8 Å². The fraction of sp³-hybridized carbons (Fsp3) is 0.483. The lowest BCUT2D eigenvalue weighted by molar-refractivity contribution is -0.137. The molecule has 1 atom stereocenters. The van der Waals surface area contributed by atoms with Crippen molar-refractivity contribution in [3.63, 3.8) is 0 Å². The molecule has 0 unspecified atom stereocenters. The summed E-state index contributed by atoms with van der Waals surface area (Å²) < 4.78 is 5.53. The molecule has 8 nitrogen and oxygen atoms in total. The van der Waals surface area contributed by atoms with Crippen LogP contribution in [0.5, 0.6) is 0 Å². The normalized spacial score (nSPS) is 18.9. The van der Waals surface area contributed by atoms with E-state index < -0.39 is 6.04 Å². The van der Waals surface area contributed by atoms with Crippen molar-refractivity contribution < 1.29 is 19.1 Å². The van der Waals surface area contributed by atoms with Gasteiger partial charge in [-0.25, -0.2) is 0 Å². The van der Waals surface area contributed by atoms with E-state index in [4.69, 9.17) is 4.74 Å². The monoisotopic (exact) mass is 506 g/mol. The minimum absolute atomic E-state index is 0.00737. The average Bonchev–Trinajstić information content (AvgIpc) is 2.92. The van der Waals surface area contributed by atoms with Gasteiger partial charge in [0.1, 0.15) is 6.04 Å². The fourth-order valence-electron chi connectivity index (χ4n) is 5.10. The third-order valence-electron chi connectivity index (χ3n) is 7.26. The van der Waals surface area contributed by atoms with Crippen LogP contribution in [0.4, 0.5) is 5.69 Å². The van der Waals surface area contributed by atoms with E-state index in [9.17, 15) is 14.4 Å². The first-order valence-corrected chi connectivity index (χ1v) is 13.2. The van der Waals surface area contributed by atoms with Gasteiger partial charge in [-0.1, -0.05) is 35.9 Å². The van der Waals surface area contributed by atoms with Crippen molar-refractivity contribution in [3.05, 3.63) is 65.7 Å². The Kier molecular flexibility index (Phi) is 9.17. The number of nitrogens with zero attached hydrogens (tertiary/aromatic N) is 3. The van der Waals surface area contributed by atoms with Crippen molar-refractivity contribution in [3.8, 4) is 0 Å². The molecule has 2 aromatic carbocycles. The van der Waals surface area contributed by atoms with Gasteiger partial charge >= 0.3 is 0 Å². The van der Waals surface area contributed by atoms with Gasteiger partial charge in [-0.2, -0.15) is 0 Å². The molecular weight excluding hydrogens is 468 g/mol. The molecule has 198 valence electrons. The molecule has 2 aliphatic rings. The van der Waals surface area contributed by atoms with Gasteiger partial charge in [0.25, 0.3) is 5.91 Å². The van der Waals surface area contributed by atoms with E-state index in [1.807, 2.05) is 55.5 Å². The first-order valence-electron chi connectivity index (χ1n) is 13.2. The van der Waals surface area contributed by atoms with Crippen LogP contribution in [0.3, 0.4) is 0 Å². The smallest absolute Gasteiger partial charge is 0.251 e. The molecule has 0 radical (unpaired) electrons. The van der Waals surface area contributed by atoms with Crippen LogP contribution in [0.25, 0.3) is 0 Å². The summed E-state index contributed by atoms with van der Waals surface area (Å²) in [6, 6.07) is 16.8. The third kappa shape index (κ3) is 7.10. The zero-order valence-corrected chi connectivity index (χ0v) is 21.9. The molecule has 2 aromatic rings. The molecule has 2 heterocycles. The van der Waals surface area contributed by atoms with E-state index in [1.54, 1.807) is 22.9 Å². The summed E-state index contributed by atoms with van der Waals surface area (Å²) in [5.74, 6) is -0.382. The van der Waals surface area contributed by atoms with Crippen LogP contribution in [0.15, 0.2) is 54.6 Å². The van der Waals surface area contributed by atoms with E-state index in [-0.39, 0.29) is 30.1 Å². The van der Waals surface area contributed by atoms with Crippen LogP contribution in [-0.2, 0) is 14.3 Å². The Morgan fingerprint density at radius 2 is 1.76 bits per heavy atom. The van der Waals surface area contributed by atoms with Crippen molar-refractivity contribution in [2.75, 3.05) is 51.5 Å². The zero-order chi connectivity index (χ0) is 26.2. The Hall–Kier alpha value is -3.39. The Labute approximate surface area is 219 Å². The summed E-state index contributed by atoms with van der Waals surface area (Å²) in [5, 5.41) is 3.05. The summed E-state index contributed by atoms with van der Waals surface area (Å²) in [4.78, 5) is 45.7. The second-order valence-corrected chi connectivity index (χ2v) is 10.0. The number of hydrogen-bond donors (Lipinski definition) is 1. The largest absolute Gasteiger partial charge is 0.381 e. The highest BCUT2D eigenvalue weighted by molar-refractivity contribution is 5.97. The van der Waals surface area contributed by atoms with Gasteiger partial charge in [-0.15, -0.1) is 0 Å². The van der Waals surface area contributed by atoms with Crippen molar-refractivity contribution in [1.82, 2.24) is 15.1 Å². The van der Waals surface area contributed by atoms with Crippen LogP contribution in [0, 0.1) is 12.8 Å². The van der Waals surface area contributed by atoms with Crippen molar-refractivity contribution in [2.45, 2.75) is 38.6 Å². The SMILES string of the molecule is Cc1cccc(C(=O)N[C@@H](C(=O)N2CCCN(c3ccccc3)CN(C)C(=O)CC2)C2CCOCC2)c1. The maximum atomic E-state index is 14.0. The minimum atomic E-state index is -0.655. The molecule has 0 aromatic heterocycles. The van der Waals surface area contributed by atoms with Gasteiger partial charge in [0.15, 0.2) is 0 Å². The predicted octanol–water partition coefficient (Wildman–Crippen LogP) is 3.06. The fourth-order valence-corrected chi connectivity index (χ4v) is 5.10. The molecule has 1 N–H and O–H groups in total. The van der Waals surface area contributed by atoms with Crippen LogP contribution >= 0.6 is 0 Å². The van der Waals surface area contributed by atoms with Crippen LogP contribution in [-0.4, -0.2) is 80.1 Å². The van der Waals surface area contributed by atoms with Gasteiger partial charge in [0.05, 0.1) is 6.67 Å². The maximum absolute atomic E-state index is 14.0. The Bertz CT molecular complexity index is 1070. The molecule has 2 fully saturated rings. The van der Waals surface area contributed by atoms with Gasteiger partial charge < -0.3 is 24.8 Å². The average molecular weight is 507 g/mol. The molecule has 0 bridgehead atoms. The number of aryl methyl sites for hydroxylation is 1. The molecular formula is C29H38N4O4. The number of ether oxygens (including phenoxy) is 1. The Balaban J connectivity index is 1.52. The van der Waals surface area contributed by atoms with E-state index in [2.05, 4.69) is 10.2 Å². The van der Waals surface area contributed by atoms with E-state index >= 15 is 0 Å². The first-order chi connectivity index (χ1) is 17.9.